The van der Waals surface area contributed by atoms with Crippen LogP contribution in [0.15, 0.2) is 30.4 Å². The molecule has 4 atom stereocenters. The van der Waals surface area contributed by atoms with Crippen molar-refractivity contribution < 1.29 is 24.2 Å². The van der Waals surface area contributed by atoms with Gasteiger partial charge in [0.05, 0.1) is 18.9 Å². The molecule has 1 aromatic heterocycles. The Bertz CT molecular complexity index is 1120. The zero-order valence-electron chi connectivity index (χ0n) is 17.9. The minimum Gasteiger partial charge on any atom is -0.481 e. The van der Waals surface area contributed by atoms with Crippen LogP contribution in [0.25, 0.3) is 11.1 Å². The van der Waals surface area contributed by atoms with Crippen LogP contribution in [0.2, 0.25) is 0 Å². The average Bonchev–Trinajstić information content (AvgIpc) is 3.42. The van der Waals surface area contributed by atoms with Crippen molar-refractivity contribution in [2.75, 3.05) is 12.4 Å². The van der Waals surface area contributed by atoms with E-state index in [1.807, 2.05) is 51.1 Å². The molecule has 2 bridgehead atoms. The number of esters is 1. The molecule has 1 aromatic carbocycles. The van der Waals surface area contributed by atoms with Gasteiger partial charge < -0.3 is 15.2 Å². The molecule has 2 N–H and O–H groups in total. The van der Waals surface area contributed by atoms with Gasteiger partial charge in [0.15, 0.2) is 0 Å². The highest BCUT2D eigenvalue weighted by molar-refractivity contribution is 7.17. The summed E-state index contributed by atoms with van der Waals surface area (Å²) in [5.74, 6) is -3.44. The number of ether oxygens (including phenoxy) is 1. The summed E-state index contributed by atoms with van der Waals surface area (Å²) in [4.78, 5) is 38.6. The third-order valence-electron chi connectivity index (χ3n) is 6.55. The number of rotatable bonds is 5. The molecule has 2 aliphatic carbocycles. The van der Waals surface area contributed by atoms with Gasteiger partial charge in [-0.2, -0.15) is 0 Å². The summed E-state index contributed by atoms with van der Waals surface area (Å²) in [6, 6.07) is 5.97. The van der Waals surface area contributed by atoms with E-state index in [-0.39, 0.29) is 17.7 Å². The van der Waals surface area contributed by atoms with Crippen molar-refractivity contribution >= 4 is 34.2 Å². The van der Waals surface area contributed by atoms with Gasteiger partial charge in [-0.25, -0.2) is 4.79 Å². The van der Waals surface area contributed by atoms with Crippen LogP contribution in [0.4, 0.5) is 5.00 Å². The normalized spacial score (nSPS) is 23.7. The Balaban J connectivity index is 1.73. The number of allylic oxidation sites excluding steroid dienone is 2. The van der Waals surface area contributed by atoms with Crippen molar-refractivity contribution in [3.8, 4) is 11.1 Å². The Kier molecular flexibility index (Phi) is 5.47. The SMILES string of the molecule is COC(=O)c1c(NC(=O)[C@@H]2[C@@H](C(=O)O)[C@H]3C=C[C@@H]2C3)sc(C)c1-c1ccc(C)c(C)c1. The molecule has 1 heterocycles. The Morgan fingerprint density at radius 2 is 1.74 bits per heavy atom. The van der Waals surface area contributed by atoms with E-state index in [0.29, 0.717) is 17.0 Å². The van der Waals surface area contributed by atoms with E-state index in [2.05, 4.69) is 5.32 Å². The molecule has 7 heteroatoms. The van der Waals surface area contributed by atoms with E-state index >= 15 is 0 Å². The van der Waals surface area contributed by atoms with Crippen LogP contribution in [0.5, 0.6) is 0 Å². The van der Waals surface area contributed by atoms with Crippen LogP contribution >= 0.6 is 11.3 Å². The van der Waals surface area contributed by atoms with Gasteiger partial charge in [-0.3, -0.25) is 9.59 Å². The number of anilines is 1. The second-order valence-electron chi connectivity index (χ2n) is 8.36. The summed E-state index contributed by atoms with van der Waals surface area (Å²) in [5.41, 5.74) is 4.17. The fourth-order valence-corrected chi connectivity index (χ4v) is 5.95. The summed E-state index contributed by atoms with van der Waals surface area (Å²) in [5, 5.41) is 12.9. The fraction of sp³-hybridized carbons (Fsp3) is 0.375. The van der Waals surface area contributed by atoms with E-state index < -0.39 is 23.8 Å². The molecule has 2 aliphatic rings. The second kappa shape index (κ2) is 7.96. The zero-order valence-corrected chi connectivity index (χ0v) is 18.7. The van der Waals surface area contributed by atoms with Crippen molar-refractivity contribution in [3.63, 3.8) is 0 Å². The maximum absolute atomic E-state index is 13.2. The van der Waals surface area contributed by atoms with Crippen LogP contribution in [-0.2, 0) is 14.3 Å². The van der Waals surface area contributed by atoms with Gasteiger partial charge >= 0.3 is 11.9 Å². The van der Waals surface area contributed by atoms with Gasteiger partial charge in [-0.05, 0) is 55.7 Å². The van der Waals surface area contributed by atoms with E-state index in [1.54, 1.807) is 0 Å². The van der Waals surface area contributed by atoms with Crippen molar-refractivity contribution in [2.45, 2.75) is 27.2 Å². The van der Waals surface area contributed by atoms with E-state index in [1.165, 1.54) is 18.4 Å². The van der Waals surface area contributed by atoms with Crippen LogP contribution in [0, 0.1) is 44.4 Å². The minimum absolute atomic E-state index is 0.0899. The van der Waals surface area contributed by atoms with Gasteiger partial charge in [-0.1, -0.05) is 30.4 Å². The predicted molar refractivity (Wildman–Crippen MR) is 119 cm³/mol. The number of carboxylic acids is 1. The number of amides is 1. The average molecular weight is 440 g/mol. The number of thiophene rings is 1. The summed E-state index contributed by atoms with van der Waals surface area (Å²) in [6.45, 7) is 5.93. The van der Waals surface area contributed by atoms with Crippen molar-refractivity contribution in [3.05, 3.63) is 51.9 Å². The van der Waals surface area contributed by atoms with Crippen molar-refractivity contribution in [1.82, 2.24) is 0 Å². The third kappa shape index (κ3) is 3.57. The first kappa shape index (κ1) is 21.3. The summed E-state index contributed by atoms with van der Waals surface area (Å²) in [6.07, 6.45) is 4.52. The highest BCUT2D eigenvalue weighted by Crippen LogP contribution is 2.49. The van der Waals surface area contributed by atoms with E-state index in [4.69, 9.17) is 4.74 Å². The van der Waals surface area contributed by atoms with Gasteiger partial charge in [0.1, 0.15) is 10.6 Å². The van der Waals surface area contributed by atoms with Crippen LogP contribution < -0.4 is 5.32 Å². The van der Waals surface area contributed by atoms with Crippen LogP contribution in [0.3, 0.4) is 0 Å². The number of methoxy groups -OCH3 is 1. The Morgan fingerprint density at radius 3 is 2.35 bits per heavy atom. The topological polar surface area (TPSA) is 92.7 Å². The highest BCUT2D eigenvalue weighted by atomic mass is 32.1. The minimum atomic E-state index is -0.955. The summed E-state index contributed by atoms with van der Waals surface area (Å²) >= 11 is 1.31. The molecule has 162 valence electrons. The molecule has 0 radical (unpaired) electrons. The summed E-state index contributed by atoms with van der Waals surface area (Å²) in [7, 11) is 1.31. The molecule has 1 fully saturated rings. The molecule has 2 aromatic rings. The lowest BCUT2D eigenvalue weighted by atomic mass is 9.82. The van der Waals surface area contributed by atoms with Crippen LogP contribution in [0.1, 0.15) is 32.8 Å². The first-order valence-corrected chi connectivity index (χ1v) is 11.1. The molecule has 0 unspecified atom stereocenters. The lowest BCUT2D eigenvalue weighted by Crippen LogP contribution is -2.36. The number of fused-ring (bicyclic) bond motifs is 2. The quantitative estimate of drug-likeness (QED) is 0.525. The highest BCUT2D eigenvalue weighted by Gasteiger charge is 2.51. The van der Waals surface area contributed by atoms with Crippen LogP contribution in [-0.4, -0.2) is 30.1 Å². The number of hydrogen-bond acceptors (Lipinski definition) is 5. The number of benzene rings is 1. The molecule has 1 amide bonds. The molecule has 6 nitrogen and oxygen atoms in total. The Labute approximate surface area is 184 Å². The molecule has 0 aliphatic heterocycles. The molecule has 31 heavy (non-hydrogen) atoms. The zero-order chi connectivity index (χ0) is 22.4. The molecular weight excluding hydrogens is 414 g/mol. The fourth-order valence-electron chi connectivity index (χ4n) is 4.89. The van der Waals surface area contributed by atoms with Crippen molar-refractivity contribution in [2.24, 2.45) is 23.7 Å². The maximum Gasteiger partial charge on any atom is 0.341 e. The molecular formula is C24H25NO5S. The predicted octanol–water partition coefficient (Wildman–Crippen LogP) is 4.59. The first-order chi connectivity index (χ1) is 14.7. The lowest BCUT2D eigenvalue weighted by molar-refractivity contribution is -0.146. The molecule has 0 saturated heterocycles. The standard InChI is InChI=1S/C24H25NO5S/c1-11-5-6-14(9-12(11)2)17-13(3)31-22(20(17)24(29)30-4)25-21(26)18-15-7-8-16(10-15)19(18)23(27)28/h5-9,15-16,18-19H,10H2,1-4H3,(H,25,26)(H,27,28)/t15-,16+,18+,19+/m1/s1. The largest absolute Gasteiger partial charge is 0.481 e. The van der Waals surface area contributed by atoms with E-state index in [0.717, 1.165) is 27.1 Å². The van der Waals surface area contributed by atoms with Gasteiger partial charge in [0.25, 0.3) is 0 Å². The Hall–Kier alpha value is -2.93. The number of aliphatic carboxylic acids is 1. The second-order valence-corrected chi connectivity index (χ2v) is 9.58. The molecule has 4 rings (SSSR count). The van der Waals surface area contributed by atoms with Gasteiger partial charge in [-0.15, -0.1) is 11.3 Å². The van der Waals surface area contributed by atoms with Gasteiger partial charge in [0, 0.05) is 10.4 Å². The monoisotopic (exact) mass is 439 g/mol. The third-order valence-corrected chi connectivity index (χ3v) is 7.57. The molecule has 1 saturated carbocycles. The van der Waals surface area contributed by atoms with Crippen molar-refractivity contribution in [1.29, 1.82) is 0 Å². The Morgan fingerprint density at radius 1 is 1.06 bits per heavy atom. The number of carbonyl (C=O) groups is 3. The molecule has 0 spiro atoms. The lowest BCUT2D eigenvalue weighted by Gasteiger charge is -2.23. The number of carboxylic acid groups (broad SMARTS) is 1. The number of hydrogen-bond donors (Lipinski definition) is 2. The van der Waals surface area contributed by atoms with Gasteiger partial charge in [0.2, 0.25) is 5.91 Å². The summed E-state index contributed by atoms with van der Waals surface area (Å²) < 4.78 is 5.03. The first-order valence-electron chi connectivity index (χ1n) is 10.2. The smallest absolute Gasteiger partial charge is 0.341 e. The van der Waals surface area contributed by atoms with E-state index in [9.17, 15) is 19.5 Å². The number of aryl methyl sites for hydroxylation is 3. The number of carbonyl (C=O) groups excluding carboxylic acids is 2. The number of nitrogens with one attached hydrogen (secondary N) is 1. The maximum atomic E-state index is 13.2.